The lowest BCUT2D eigenvalue weighted by Crippen LogP contribution is -2.54. The molecule has 0 spiro atoms. The largest absolute Gasteiger partial charge is 0.481 e. The zero-order valence-corrected chi connectivity index (χ0v) is 13.8. The van der Waals surface area contributed by atoms with Crippen molar-refractivity contribution in [3.8, 4) is 0 Å². The number of nitrogens with zero attached hydrogens (tertiary/aromatic N) is 1. The molecule has 1 aromatic rings. The van der Waals surface area contributed by atoms with Crippen molar-refractivity contribution >= 4 is 11.9 Å². The van der Waals surface area contributed by atoms with Crippen molar-refractivity contribution in [3.63, 3.8) is 0 Å². The summed E-state index contributed by atoms with van der Waals surface area (Å²) in [5, 5.41) is 9.62. The number of halogens is 1. The fourth-order valence-electron chi connectivity index (χ4n) is 3.81. The Morgan fingerprint density at radius 1 is 1.29 bits per heavy atom. The Morgan fingerprint density at radius 2 is 2.00 bits per heavy atom. The third-order valence-corrected chi connectivity index (χ3v) is 5.29. The number of piperidine rings is 1. The standard InChI is InChI=1S/C18H22FNO4/c1-24-12-17(16(22)23)7-4-10-20(11-17)15(21)18(8-9-18)13-5-2-3-6-14(13)19/h2-3,5-6H,4,7-12H2,1H3,(H,22,23). The molecule has 0 aromatic heterocycles. The van der Waals surface area contributed by atoms with E-state index in [0.29, 0.717) is 37.8 Å². The first-order valence-electron chi connectivity index (χ1n) is 8.22. The number of amides is 1. The third kappa shape index (κ3) is 2.69. The lowest BCUT2D eigenvalue weighted by Gasteiger charge is -2.40. The zero-order chi connectivity index (χ0) is 17.4. The lowest BCUT2D eigenvalue weighted by atomic mass is 9.79. The molecule has 2 aliphatic rings. The molecule has 1 N–H and O–H groups in total. The summed E-state index contributed by atoms with van der Waals surface area (Å²) < 4.78 is 19.3. The first-order valence-corrected chi connectivity index (χ1v) is 8.22. The highest BCUT2D eigenvalue weighted by Crippen LogP contribution is 2.51. The smallest absolute Gasteiger partial charge is 0.313 e. The molecule has 0 radical (unpaired) electrons. The van der Waals surface area contributed by atoms with Gasteiger partial charge in [-0.2, -0.15) is 0 Å². The molecule has 0 bridgehead atoms. The molecular formula is C18H22FNO4. The van der Waals surface area contributed by atoms with Crippen molar-refractivity contribution in [2.75, 3.05) is 26.8 Å². The van der Waals surface area contributed by atoms with E-state index in [4.69, 9.17) is 4.74 Å². The second-order valence-corrected chi connectivity index (χ2v) is 6.91. The minimum atomic E-state index is -1.08. The van der Waals surface area contributed by atoms with Crippen molar-refractivity contribution in [1.82, 2.24) is 4.90 Å². The minimum Gasteiger partial charge on any atom is -0.481 e. The third-order valence-electron chi connectivity index (χ3n) is 5.29. The van der Waals surface area contributed by atoms with Gasteiger partial charge in [0.15, 0.2) is 0 Å². The van der Waals surface area contributed by atoms with Crippen LogP contribution in [0.2, 0.25) is 0 Å². The fraction of sp³-hybridized carbons (Fsp3) is 0.556. The maximum atomic E-state index is 14.2. The summed E-state index contributed by atoms with van der Waals surface area (Å²) in [4.78, 5) is 26.4. The second kappa shape index (κ2) is 6.16. The summed E-state index contributed by atoms with van der Waals surface area (Å²) in [5.41, 5.74) is -1.47. The summed E-state index contributed by atoms with van der Waals surface area (Å²) in [7, 11) is 1.47. The van der Waals surface area contributed by atoms with Crippen LogP contribution in [0, 0.1) is 11.2 Å². The van der Waals surface area contributed by atoms with Gasteiger partial charge in [0.2, 0.25) is 5.91 Å². The van der Waals surface area contributed by atoms with Gasteiger partial charge in [-0.3, -0.25) is 9.59 Å². The summed E-state index contributed by atoms with van der Waals surface area (Å²) in [6.45, 7) is 0.692. The summed E-state index contributed by atoms with van der Waals surface area (Å²) >= 11 is 0. The van der Waals surface area contributed by atoms with Crippen LogP contribution >= 0.6 is 0 Å². The molecule has 130 valence electrons. The van der Waals surface area contributed by atoms with Crippen LogP contribution in [0.5, 0.6) is 0 Å². The number of likely N-dealkylation sites (tertiary alicyclic amines) is 1. The van der Waals surface area contributed by atoms with Gasteiger partial charge in [-0.05, 0) is 31.7 Å². The number of carboxylic acids is 1. The van der Waals surface area contributed by atoms with E-state index in [2.05, 4.69) is 0 Å². The van der Waals surface area contributed by atoms with Crippen molar-refractivity contribution in [2.24, 2.45) is 5.41 Å². The fourth-order valence-corrected chi connectivity index (χ4v) is 3.81. The van der Waals surface area contributed by atoms with Gasteiger partial charge in [0.25, 0.3) is 0 Å². The summed E-state index contributed by atoms with van der Waals surface area (Å²) in [5.74, 6) is -1.48. The molecule has 1 atom stereocenters. The summed E-state index contributed by atoms with van der Waals surface area (Å²) in [6.07, 6.45) is 2.29. The first kappa shape index (κ1) is 16.9. The quantitative estimate of drug-likeness (QED) is 0.896. The van der Waals surface area contributed by atoms with Crippen LogP contribution in [0.4, 0.5) is 4.39 Å². The Bertz CT molecular complexity index is 654. The molecule has 1 saturated heterocycles. The predicted octanol–water partition coefficient (Wildman–Crippen LogP) is 2.20. The maximum absolute atomic E-state index is 14.2. The number of benzene rings is 1. The Labute approximate surface area is 140 Å². The highest BCUT2D eigenvalue weighted by molar-refractivity contribution is 5.92. The van der Waals surface area contributed by atoms with Crippen LogP contribution in [0.25, 0.3) is 0 Å². The number of rotatable bonds is 5. The predicted molar refractivity (Wildman–Crippen MR) is 85.1 cm³/mol. The number of hydrogen-bond acceptors (Lipinski definition) is 3. The highest BCUT2D eigenvalue weighted by Gasteiger charge is 2.56. The van der Waals surface area contributed by atoms with E-state index in [9.17, 15) is 19.1 Å². The number of hydrogen-bond donors (Lipinski definition) is 1. The number of carbonyl (C=O) groups is 2. The molecule has 1 aliphatic heterocycles. The molecule has 24 heavy (non-hydrogen) atoms. The van der Waals surface area contributed by atoms with Crippen LogP contribution in [-0.4, -0.2) is 48.7 Å². The Kier molecular flexibility index (Phi) is 4.34. The van der Waals surface area contributed by atoms with E-state index < -0.39 is 16.8 Å². The zero-order valence-electron chi connectivity index (χ0n) is 13.8. The Morgan fingerprint density at radius 3 is 2.58 bits per heavy atom. The number of ether oxygens (including phenoxy) is 1. The number of carboxylic acid groups (broad SMARTS) is 1. The van der Waals surface area contributed by atoms with Crippen LogP contribution in [0.3, 0.4) is 0 Å². The Balaban J connectivity index is 1.85. The van der Waals surface area contributed by atoms with E-state index >= 15 is 0 Å². The van der Waals surface area contributed by atoms with Crippen molar-refractivity contribution in [1.29, 1.82) is 0 Å². The van der Waals surface area contributed by atoms with Crippen molar-refractivity contribution < 1.29 is 23.8 Å². The van der Waals surface area contributed by atoms with Crippen LogP contribution in [0.15, 0.2) is 24.3 Å². The van der Waals surface area contributed by atoms with Crippen LogP contribution in [0.1, 0.15) is 31.2 Å². The van der Waals surface area contributed by atoms with Gasteiger partial charge in [-0.15, -0.1) is 0 Å². The van der Waals surface area contributed by atoms with Gasteiger partial charge < -0.3 is 14.7 Å². The summed E-state index contributed by atoms with van der Waals surface area (Å²) in [6, 6.07) is 6.36. The topological polar surface area (TPSA) is 66.8 Å². The average molecular weight is 335 g/mol. The molecular weight excluding hydrogens is 313 g/mol. The second-order valence-electron chi connectivity index (χ2n) is 6.91. The van der Waals surface area contributed by atoms with Gasteiger partial charge in [-0.1, -0.05) is 18.2 Å². The number of methoxy groups -OCH3 is 1. The molecule has 6 heteroatoms. The molecule has 1 saturated carbocycles. The molecule has 1 aliphatic carbocycles. The van der Waals surface area contributed by atoms with E-state index in [1.807, 2.05) is 0 Å². The van der Waals surface area contributed by atoms with E-state index in [1.165, 1.54) is 13.2 Å². The van der Waals surface area contributed by atoms with E-state index in [1.54, 1.807) is 23.1 Å². The molecule has 1 heterocycles. The SMILES string of the molecule is COCC1(C(=O)O)CCCN(C(=O)C2(c3ccccc3F)CC2)C1. The molecule has 1 aromatic carbocycles. The van der Waals surface area contributed by atoms with Gasteiger partial charge in [0.05, 0.1) is 12.0 Å². The van der Waals surface area contributed by atoms with Crippen LogP contribution < -0.4 is 0 Å². The Hall–Kier alpha value is -1.95. The lowest BCUT2D eigenvalue weighted by molar-refractivity contribution is -0.159. The van der Waals surface area contributed by atoms with Gasteiger partial charge in [0.1, 0.15) is 11.2 Å². The van der Waals surface area contributed by atoms with E-state index in [-0.39, 0.29) is 24.9 Å². The molecule has 5 nitrogen and oxygen atoms in total. The highest BCUT2D eigenvalue weighted by atomic mass is 19.1. The van der Waals surface area contributed by atoms with Gasteiger partial charge in [0, 0.05) is 25.8 Å². The van der Waals surface area contributed by atoms with E-state index in [0.717, 1.165) is 0 Å². The molecule has 2 fully saturated rings. The first-order chi connectivity index (χ1) is 11.4. The number of aliphatic carboxylic acids is 1. The monoisotopic (exact) mass is 335 g/mol. The van der Waals surface area contributed by atoms with Crippen LogP contribution in [-0.2, 0) is 19.7 Å². The van der Waals surface area contributed by atoms with Crippen molar-refractivity contribution in [2.45, 2.75) is 31.1 Å². The van der Waals surface area contributed by atoms with Crippen molar-refractivity contribution in [3.05, 3.63) is 35.6 Å². The molecule has 1 amide bonds. The number of carbonyl (C=O) groups excluding carboxylic acids is 1. The van der Waals surface area contributed by atoms with Gasteiger partial charge in [-0.25, -0.2) is 4.39 Å². The molecule has 3 rings (SSSR count). The molecule has 1 unspecified atom stereocenters. The normalized spacial score (nSPS) is 25.3. The van der Waals surface area contributed by atoms with Gasteiger partial charge >= 0.3 is 5.97 Å². The maximum Gasteiger partial charge on any atom is 0.313 e. The average Bonchev–Trinajstić information content (AvgIpc) is 3.36. The minimum absolute atomic E-state index is 0.0683.